The third-order valence-corrected chi connectivity index (χ3v) is 18.6. The van der Waals surface area contributed by atoms with Crippen LogP contribution < -0.4 is 0 Å². The molecular weight excluding hydrogens is 495 g/mol. The zero-order valence-corrected chi connectivity index (χ0v) is 23.6. The standard InChI is InChI=1S/3C10H13.H2O.Sn/c3*1-10(2,3)9-7-5-4-6-8-9;;/h3*4-8H,1H2,2-3H3;1H2;. The van der Waals surface area contributed by atoms with Gasteiger partial charge in [-0.3, -0.25) is 0 Å². The molecule has 0 saturated heterocycles. The minimum absolute atomic E-state index is 0. The summed E-state index contributed by atoms with van der Waals surface area (Å²) in [6.45, 7) is 14.8. The fraction of sp³-hybridized carbons (Fsp3) is 0.400. The Morgan fingerprint density at radius 3 is 0.875 bits per heavy atom. The summed E-state index contributed by atoms with van der Waals surface area (Å²) in [6.07, 6.45) is 0. The van der Waals surface area contributed by atoms with Crippen molar-refractivity contribution >= 4 is 19.8 Å². The van der Waals surface area contributed by atoms with E-state index in [1.54, 1.807) is 0 Å². The van der Waals surface area contributed by atoms with Gasteiger partial charge in [0.2, 0.25) is 0 Å². The predicted octanol–water partition coefficient (Wildman–Crippen LogP) is 7.59. The molecule has 0 bridgehead atoms. The zero-order valence-electron chi connectivity index (χ0n) is 20.8. The van der Waals surface area contributed by atoms with Crippen LogP contribution in [0.5, 0.6) is 0 Å². The molecule has 1 radical (unpaired) electrons. The van der Waals surface area contributed by atoms with Gasteiger partial charge < -0.3 is 5.48 Å². The largest absolute Gasteiger partial charge is 0.412 e. The van der Waals surface area contributed by atoms with E-state index in [0.717, 1.165) is 0 Å². The molecule has 0 saturated carbocycles. The van der Waals surface area contributed by atoms with Gasteiger partial charge in [0, 0.05) is 0 Å². The van der Waals surface area contributed by atoms with Crippen molar-refractivity contribution in [2.75, 3.05) is 0 Å². The van der Waals surface area contributed by atoms with Crippen LogP contribution in [0.15, 0.2) is 91.0 Å². The van der Waals surface area contributed by atoms with Crippen LogP contribution in [0.3, 0.4) is 0 Å². The van der Waals surface area contributed by atoms with Gasteiger partial charge in [-0.1, -0.05) is 0 Å². The van der Waals surface area contributed by atoms with Gasteiger partial charge in [-0.05, 0) is 0 Å². The molecule has 32 heavy (non-hydrogen) atoms. The zero-order chi connectivity index (χ0) is 22.5. The minimum atomic E-state index is -1.84. The van der Waals surface area contributed by atoms with Gasteiger partial charge in [-0.15, -0.1) is 0 Å². The molecule has 3 aromatic carbocycles. The predicted molar refractivity (Wildman–Crippen MR) is 142 cm³/mol. The topological polar surface area (TPSA) is 31.5 Å². The van der Waals surface area contributed by atoms with Gasteiger partial charge in [0.1, 0.15) is 0 Å². The van der Waals surface area contributed by atoms with E-state index >= 15 is 0 Å². The van der Waals surface area contributed by atoms with Crippen molar-refractivity contribution in [3.05, 3.63) is 108 Å². The first-order valence-corrected chi connectivity index (χ1v) is 17.7. The van der Waals surface area contributed by atoms with Gasteiger partial charge in [-0.2, -0.15) is 0 Å². The number of benzene rings is 3. The molecule has 0 aliphatic carbocycles. The number of hydrogen-bond donors (Lipinski definition) is 0. The third kappa shape index (κ3) is 6.96. The molecule has 2 N–H and O–H groups in total. The second-order valence-electron chi connectivity index (χ2n) is 11.0. The summed E-state index contributed by atoms with van der Waals surface area (Å²) in [4.78, 5) is 0. The Labute approximate surface area is 203 Å². The second-order valence-corrected chi connectivity index (χ2v) is 18.3. The van der Waals surface area contributed by atoms with Crippen molar-refractivity contribution in [1.29, 1.82) is 0 Å². The maximum absolute atomic E-state index is 2.47. The van der Waals surface area contributed by atoms with E-state index in [9.17, 15) is 0 Å². The molecular formula is C30H41OSn. The first kappa shape index (κ1) is 26.7. The van der Waals surface area contributed by atoms with Crippen LogP contribution in [0.25, 0.3) is 0 Å². The maximum atomic E-state index is 2.47. The Morgan fingerprint density at radius 1 is 0.438 bits per heavy atom. The van der Waals surface area contributed by atoms with Crippen molar-refractivity contribution in [3.63, 3.8) is 0 Å². The Bertz CT molecular complexity index is 803. The fourth-order valence-corrected chi connectivity index (χ4v) is 18.6. The maximum Gasteiger partial charge on any atom is -0.412 e. The van der Waals surface area contributed by atoms with Crippen molar-refractivity contribution in [2.45, 2.75) is 71.1 Å². The van der Waals surface area contributed by atoms with E-state index in [1.807, 2.05) is 0 Å². The monoisotopic (exact) mass is 537 g/mol. The molecule has 0 heterocycles. The summed E-state index contributed by atoms with van der Waals surface area (Å²) in [5.41, 5.74) is 5.16. The van der Waals surface area contributed by atoms with Crippen LogP contribution in [-0.4, -0.2) is 25.2 Å². The third-order valence-electron chi connectivity index (χ3n) is 6.74. The molecule has 3 aromatic rings. The smallest absolute Gasteiger partial charge is 0.412 e. The van der Waals surface area contributed by atoms with Gasteiger partial charge in [0.05, 0.1) is 0 Å². The summed E-state index contributed by atoms with van der Waals surface area (Å²) in [6, 6.07) is 33.5. The molecule has 0 aliphatic heterocycles. The first-order chi connectivity index (χ1) is 14.6. The molecule has 0 spiro atoms. The second kappa shape index (κ2) is 11.0. The summed E-state index contributed by atoms with van der Waals surface area (Å²) < 4.78 is 4.14. The SMILES string of the molecule is CC(C)([CH2][Sn]([CH2]C(C)(C)c1ccccc1)[CH2]C(C)(C)c1ccccc1)c1ccccc1.O. The van der Waals surface area contributed by atoms with Crippen molar-refractivity contribution in [2.24, 2.45) is 0 Å². The summed E-state index contributed by atoms with van der Waals surface area (Å²) in [7, 11) is 0. The Kier molecular flexibility index (Phi) is 9.19. The molecule has 2 heteroatoms. The van der Waals surface area contributed by atoms with Crippen molar-refractivity contribution in [1.82, 2.24) is 0 Å². The van der Waals surface area contributed by atoms with Crippen LogP contribution >= 0.6 is 0 Å². The van der Waals surface area contributed by atoms with Crippen molar-refractivity contribution < 1.29 is 5.48 Å². The average molecular weight is 536 g/mol. The summed E-state index contributed by atoms with van der Waals surface area (Å²) in [5.74, 6) is 0. The molecule has 0 aromatic heterocycles. The molecule has 0 aliphatic rings. The van der Waals surface area contributed by atoms with E-state index in [1.165, 1.54) is 30.0 Å². The molecule has 0 unspecified atom stereocenters. The Morgan fingerprint density at radius 2 is 0.656 bits per heavy atom. The van der Waals surface area contributed by atoms with E-state index in [-0.39, 0.29) is 21.7 Å². The minimum Gasteiger partial charge on any atom is -0.412 e. The molecule has 3 rings (SSSR count). The van der Waals surface area contributed by atoms with E-state index in [2.05, 4.69) is 133 Å². The van der Waals surface area contributed by atoms with Crippen molar-refractivity contribution in [3.8, 4) is 0 Å². The van der Waals surface area contributed by atoms with Gasteiger partial charge in [0.15, 0.2) is 0 Å². The molecule has 0 amide bonds. The van der Waals surface area contributed by atoms with Crippen LogP contribution in [0.2, 0.25) is 13.3 Å². The number of rotatable bonds is 9. The first-order valence-electron chi connectivity index (χ1n) is 11.6. The van der Waals surface area contributed by atoms with E-state index in [0.29, 0.717) is 0 Å². The molecule has 1 nitrogen and oxygen atoms in total. The van der Waals surface area contributed by atoms with E-state index in [4.69, 9.17) is 0 Å². The van der Waals surface area contributed by atoms with Crippen LogP contribution in [-0.2, 0) is 16.2 Å². The molecule has 171 valence electrons. The normalized spacial score (nSPS) is 12.5. The Hall–Kier alpha value is -1.58. The van der Waals surface area contributed by atoms with Gasteiger partial charge >= 0.3 is 199 Å². The summed E-state index contributed by atoms with van der Waals surface area (Å²) in [5, 5.41) is 0. The van der Waals surface area contributed by atoms with Crippen LogP contribution in [0, 0.1) is 0 Å². The quantitative estimate of drug-likeness (QED) is 0.253. The summed E-state index contributed by atoms with van der Waals surface area (Å²) >= 11 is -1.84. The van der Waals surface area contributed by atoms with Crippen LogP contribution in [0.1, 0.15) is 58.2 Å². The van der Waals surface area contributed by atoms with Crippen LogP contribution in [0.4, 0.5) is 0 Å². The van der Waals surface area contributed by atoms with Gasteiger partial charge in [0.25, 0.3) is 0 Å². The molecule has 0 atom stereocenters. The Balaban J connectivity index is 0.00000363. The molecule has 0 fully saturated rings. The fourth-order valence-electron chi connectivity index (χ4n) is 5.04. The van der Waals surface area contributed by atoms with Gasteiger partial charge in [-0.25, -0.2) is 0 Å². The van der Waals surface area contributed by atoms with E-state index < -0.39 is 19.8 Å². The number of hydrogen-bond acceptors (Lipinski definition) is 0. The average Bonchev–Trinajstić information content (AvgIpc) is 2.75.